The molecule has 12 nitrogen and oxygen atoms in total. The summed E-state index contributed by atoms with van der Waals surface area (Å²) >= 11 is 0. The monoisotopic (exact) mass is 661 g/mol. The van der Waals surface area contributed by atoms with Crippen molar-refractivity contribution in [2.75, 3.05) is 34.7 Å². The van der Waals surface area contributed by atoms with Crippen LogP contribution in [0, 0.1) is 11.8 Å². The van der Waals surface area contributed by atoms with Crippen LogP contribution in [0.4, 0.5) is 4.79 Å². The van der Waals surface area contributed by atoms with Crippen molar-refractivity contribution in [1.29, 1.82) is 0 Å². The Morgan fingerprint density at radius 3 is 2.15 bits per heavy atom. The Bertz CT molecular complexity index is 1670. The Hall–Kier alpha value is -5.13. The predicted molar refractivity (Wildman–Crippen MR) is 171 cm³/mol. The second-order valence-corrected chi connectivity index (χ2v) is 12.8. The summed E-state index contributed by atoms with van der Waals surface area (Å²) < 4.78 is 45.7. The molecule has 1 amide bonds. The van der Waals surface area contributed by atoms with E-state index in [1.807, 2.05) is 36.4 Å². The van der Waals surface area contributed by atoms with Crippen molar-refractivity contribution in [3.63, 3.8) is 0 Å². The van der Waals surface area contributed by atoms with Crippen LogP contribution in [-0.4, -0.2) is 64.4 Å². The molecule has 2 heterocycles. The highest BCUT2D eigenvalue weighted by atomic mass is 16.7. The summed E-state index contributed by atoms with van der Waals surface area (Å²) in [6, 6.07) is 15.4. The second-order valence-electron chi connectivity index (χ2n) is 12.8. The van der Waals surface area contributed by atoms with Crippen LogP contribution in [-0.2, 0) is 30.2 Å². The SMILES string of the molecule is COc1cc([C@@H]2c3cc4c(cc3[C@H](OC(=O)[C@H](Cc3ccccc3)NC(=O)OC(C)(C)C)[C@H]3COC(=O)[C@H]23)OCO4)cc(OC)c1OC. The number of carbonyl (C=O) groups is 3. The van der Waals surface area contributed by atoms with E-state index in [0.717, 1.165) is 5.56 Å². The Morgan fingerprint density at radius 1 is 0.896 bits per heavy atom. The summed E-state index contributed by atoms with van der Waals surface area (Å²) in [5, 5.41) is 2.70. The maximum Gasteiger partial charge on any atom is 0.408 e. The molecule has 3 aromatic rings. The lowest BCUT2D eigenvalue weighted by atomic mass is 9.66. The van der Waals surface area contributed by atoms with Gasteiger partial charge in [0.25, 0.3) is 0 Å². The van der Waals surface area contributed by atoms with Gasteiger partial charge in [-0.3, -0.25) is 4.79 Å². The molecule has 1 N–H and O–H groups in total. The largest absolute Gasteiger partial charge is 0.493 e. The van der Waals surface area contributed by atoms with Crippen LogP contribution in [0.2, 0.25) is 0 Å². The molecule has 0 aromatic heterocycles. The zero-order chi connectivity index (χ0) is 34.2. The molecule has 5 atom stereocenters. The van der Waals surface area contributed by atoms with Crippen LogP contribution < -0.4 is 29.0 Å². The van der Waals surface area contributed by atoms with Gasteiger partial charge < -0.3 is 43.2 Å². The summed E-state index contributed by atoms with van der Waals surface area (Å²) in [6.45, 7) is 5.25. The van der Waals surface area contributed by atoms with Gasteiger partial charge in [0, 0.05) is 23.8 Å². The first kappa shape index (κ1) is 32.8. The van der Waals surface area contributed by atoms with Crippen molar-refractivity contribution in [2.45, 2.75) is 50.9 Å². The van der Waals surface area contributed by atoms with Gasteiger partial charge in [-0.1, -0.05) is 30.3 Å². The van der Waals surface area contributed by atoms with Gasteiger partial charge in [0.1, 0.15) is 17.7 Å². The minimum absolute atomic E-state index is 0.0130. The van der Waals surface area contributed by atoms with E-state index in [4.69, 9.17) is 37.9 Å². The molecule has 1 aliphatic carbocycles. The van der Waals surface area contributed by atoms with Crippen LogP contribution in [0.5, 0.6) is 28.7 Å². The van der Waals surface area contributed by atoms with Gasteiger partial charge >= 0.3 is 18.0 Å². The molecule has 0 saturated carbocycles. The standard InChI is InChI=1S/C36H39NO11/c1-36(2,3)48-35(40)37-24(12-19-10-8-7-9-11-19)33(38)47-31-22-16-26-25(45-18-46-26)15-21(22)29(30-23(31)17-44-34(30)39)20-13-27(41-4)32(43-6)28(14-20)42-5/h7-11,13-16,23-24,29-31H,12,17-18H2,1-6H3,(H,37,40)/t23-,24-,29+,30-,31-/m0/s1. The summed E-state index contributed by atoms with van der Waals surface area (Å²) in [5.74, 6) is -0.779. The fourth-order valence-corrected chi connectivity index (χ4v) is 6.64. The lowest BCUT2D eigenvalue weighted by molar-refractivity contribution is -0.157. The zero-order valence-electron chi connectivity index (χ0n) is 27.7. The van der Waals surface area contributed by atoms with E-state index < -0.39 is 53.5 Å². The molecule has 0 spiro atoms. The number of fused-ring (bicyclic) bond motifs is 3. The first-order valence-electron chi connectivity index (χ1n) is 15.6. The van der Waals surface area contributed by atoms with E-state index in [0.29, 0.717) is 45.4 Å². The Balaban J connectivity index is 1.42. The van der Waals surface area contributed by atoms with Crippen LogP contribution >= 0.6 is 0 Å². The number of nitrogens with one attached hydrogen (secondary N) is 1. The molecule has 0 bridgehead atoms. The number of ether oxygens (including phenoxy) is 8. The fraction of sp³-hybridized carbons (Fsp3) is 0.417. The summed E-state index contributed by atoms with van der Waals surface area (Å²) in [7, 11) is 4.56. The number of esters is 2. The van der Waals surface area contributed by atoms with Crippen molar-refractivity contribution in [2.24, 2.45) is 11.8 Å². The van der Waals surface area contributed by atoms with Gasteiger partial charge in [-0.25, -0.2) is 9.59 Å². The minimum Gasteiger partial charge on any atom is -0.493 e. The summed E-state index contributed by atoms with van der Waals surface area (Å²) in [6.07, 6.45) is -1.53. The van der Waals surface area contributed by atoms with E-state index in [2.05, 4.69) is 5.32 Å². The van der Waals surface area contributed by atoms with E-state index in [1.54, 1.807) is 39.0 Å². The molecule has 48 heavy (non-hydrogen) atoms. The average Bonchev–Trinajstić information content (AvgIpc) is 3.68. The molecule has 12 heteroatoms. The first-order valence-corrected chi connectivity index (χ1v) is 15.6. The van der Waals surface area contributed by atoms with Crippen LogP contribution in [0.25, 0.3) is 0 Å². The number of hydrogen-bond acceptors (Lipinski definition) is 11. The number of benzene rings is 3. The zero-order valence-corrected chi connectivity index (χ0v) is 27.7. The number of amides is 1. The molecule has 0 unspecified atom stereocenters. The van der Waals surface area contributed by atoms with Crippen LogP contribution in [0.3, 0.4) is 0 Å². The Kier molecular flexibility index (Phi) is 9.00. The quantitative estimate of drug-likeness (QED) is 0.242. The Labute approximate surface area is 278 Å². The molecule has 254 valence electrons. The van der Waals surface area contributed by atoms with E-state index in [-0.39, 0.29) is 19.8 Å². The third-order valence-corrected chi connectivity index (χ3v) is 8.67. The van der Waals surface area contributed by atoms with Crippen molar-refractivity contribution in [3.8, 4) is 28.7 Å². The van der Waals surface area contributed by atoms with E-state index >= 15 is 0 Å². The van der Waals surface area contributed by atoms with Gasteiger partial charge in [0.05, 0.1) is 33.9 Å². The highest BCUT2D eigenvalue weighted by Gasteiger charge is 2.54. The lowest BCUT2D eigenvalue weighted by Gasteiger charge is -2.39. The van der Waals surface area contributed by atoms with Crippen LogP contribution in [0.15, 0.2) is 54.6 Å². The number of alkyl carbamates (subject to hydrolysis) is 1. The summed E-state index contributed by atoms with van der Waals surface area (Å²) in [4.78, 5) is 40.6. The number of rotatable bonds is 9. The third-order valence-electron chi connectivity index (χ3n) is 8.67. The smallest absolute Gasteiger partial charge is 0.408 e. The summed E-state index contributed by atoms with van der Waals surface area (Å²) in [5.41, 5.74) is 2.04. The lowest BCUT2D eigenvalue weighted by Crippen LogP contribution is -2.47. The third kappa shape index (κ3) is 6.39. The van der Waals surface area contributed by atoms with Gasteiger partial charge in [-0.2, -0.15) is 0 Å². The molecular weight excluding hydrogens is 622 g/mol. The molecule has 3 aliphatic rings. The second kappa shape index (κ2) is 13.2. The minimum atomic E-state index is -1.09. The average molecular weight is 662 g/mol. The van der Waals surface area contributed by atoms with Gasteiger partial charge in [0.15, 0.2) is 23.0 Å². The highest BCUT2D eigenvalue weighted by molar-refractivity contribution is 5.83. The molecule has 3 aromatic carbocycles. The van der Waals surface area contributed by atoms with Gasteiger partial charge in [-0.15, -0.1) is 0 Å². The van der Waals surface area contributed by atoms with Crippen molar-refractivity contribution >= 4 is 18.0 Å². The number of methoxy groups -OCH3 is 3. The van der Waals surface area contributed by atoms with Crippen molar-refractivity contribution in [1.82, 2.24) is 5.32 Å². The van der Waals surface area contributed by atoms with Crippen molar-refractivity contribution in [3.05, 3.63) is 76.9 Å². The molecule has 2 aliphatic heterocycles. The number of carbonyl (C=O) groups excluding carboxylic acids is 3. The normalized spacial score (nSPS) is 21.2. The molecule has 6 rings (SSSR count). The Morgan fingerprint density at radius 2 is 1.54 bits per heavy atom. The molecular formula is C36H39NO11. The molecule has 1 saturated heterocycles. The van der Waals surface area contributed by atoms with Crippen molar-refractivity contribution < 1.29 is 52.3 Å². The predicted octanol–water partition coefficient (Wildman–Crippen LogP) is 5.10. The van der Waals surface area contributed by atoms with E-state index in [1.165, 1.54) is 21.3 Å². The topological polar surface area (TPSA) is 137 Å². The van der Waals surface area contributed by atoms with Gasteiger partial charge in [0.2, 0.25) is 12.5 Å². The van der Waals surface area contributed by atoms with E-state index in [9.17, 15) is 14.4 Å². The first-order chi connectivity index (χ1) is 23.0. The maximum atomic E-state index is 14.1. The number of cyclic esters (lactones) is 1. The maximum absolute atomic E-state index is 14.1. The fourth-order valence-electron chi connectivity index (χ4n) is 6.64. The molecule has 1 fully saturated rings. The number of hydrogen-bond donors (Lipinski definition) is 1. The highest BCUT2D eigenvalue weighted by Crippen LogP contribution is 2.56. The molecule has 0 radical (unpaired) electrons. The van der Waals surface area contributed by atoms with Crippen LogP contribution in [0.1, 0.15) is 55.0 Å². The van der Waals surface area contributed by atoms with Gasteiger partial charge in [-0.05, 0) is 61.7 Å².